The quantitative estimate of drug-likeness (QED) is 0.0234. The number of nitrogens with zero attached hydrogens (tertiary/aromatic N) is 2. The van der Waals surface area contributed by atoms with Crippen LogP contribution < -0.4 is 153 Å². The zero-order valence-corrected chi connectivity index (χ0v) is 61.8. The third-order valence-electron chi connectivity index (χ3n) is 13.7. The van der Waals surface area contributed by atoms with Crippen LogP contribution in [0.3, 0.4) is 0 Å². The van der Waals surface area contributed by atoms with Gasteiger partial charge in [0.25, 0.3) is 0 Å². The van der Waals surface area contributed by atoms with Gasteiger partial charge >= 0.3 is 154 Å². The van der Waals surface area contributed by atoms with Crippen molar-refractivity contribution in [2.24, 2.45) is 0 Å². The molecule has 0 fully saturated rings. The van der Waals surface area contributed by atoms with Crippen LogP contribution in [0.2, 0.25) is 0 Å². The first kappa shape index (κ1) is 78.3. The Labute approximate surface area is 593 Å². The van der Waals surface area contributed by atoms with Crippen molar-refractivity contribution in [2.75, 3.05) is 29.5 Å². The van der Waals surface area contributed by atoms with Gasteiger partial charge in [-0.1, -0.05) is 50.3 Å². The van der Waals surface area contributed by atoms with E-state index in [0.29, 0.717) is 51.6 Å². The molecule has 2 aliphatic rings. The number of aryl methyl sites for hydroxylation is 1. The van der Waals surface area contributed by atoms with E-state index < -0.39 is 109 Å². The molecule has 0 aromatic heterocycles. The predicted molar refractivity (Wildman–Crippen MR) is 278 cm³/mol. The van der Waals surface area contributed by atoms with E-state index >= 15 is 0 Å². The van der Waals surface area contributed by atoms with E-state index in [-0.39, 0.29) is 232 Å². The maximum Gasteiger partial charge on any atom is 1.00 e. The maximum atomic E-state index is 12.6. The van der Waals surface area contributed by atoms with Crippen LogP contribution in [0.5, 0.6) is 0 Å². The van der Waals surface area contributed by atoms with Gasteiger partial charge in [-0.25, -0.2) is 50.5 Å². The van der Waals surface area contributed by atoms with Gasteiger partial charge in [0, 0.05) is 70.8 Å². The third-order valence-corrected chi connectivity index (χ3v) is 18.6. The maximum absolute atomic E-state index is 12.6. The minimum absolute atomic E-state index is 0. The Morgan fingerprint density at radius 2 is 1.10 bits per heavy atom. The summed E-state index contributed by atoms with van der Waals surface area (Å²) < 4.78 is 222. The monoisotopic (exact) mass is 1300 g/mol. The average molecular weight is 1310 g/mol. The van der Waals surface area contributed by atoms with E-state index in [4.69, 9.17) is 0 Å². The van der Waals surface area contributed by atoms with Crippen LogP contribution in [-0.4, -0.2) is 124 Å². The van der Waals surface area contributed by atoms with Gasteiger partial charge in [0.15, 0.2) is 5.71 Å². The molecule has 0 aliphatic carbocycles. The second-order valence-corrected chi connectivity index (χ2v) is 28.2. The molecule has 0 unspecified atom stereocenters. The topological polar surface area (TPSA) is 387 Å². The zero-order chi connectivity index (χ0) is 57.9. The van der Waals surface area contributed by atoms with Crippen LogP contribution in [0.4, 0.5) is 11.4 Å². The van der Waals surface area contributed by atoms with E-state index in [1.54, 1.807) is 85.7 Å². The Kier molecular flexibility index (Phi) is 27.8. The van der Waals surface area contributed by atoms with Gasteiger partial charge in [-0.15, -0.1) is 0 Å². The van der Waals surface area contributed by atoms with Gasteiger partial charge in [0.2, 0.25) is 5.69 Å². The van der Waals surface area contributed by atoms with Crippen LogP contribution in [-0.2, 0) is 82.8 Å². The molecule has 22 nitrogen and oxygen atoms in total. The number of rotatable bonds is 21. The average Bonchev–Trinajstić information content (AvgIpc) is 3.66. The van der Waals surface area contributed by atoms with E-state index in [1.807, 2.05) is 0 Å². The molecule has 0 atom stereocenters. The summed E-state index contributed by atoms with van der Waals surface area (Å²) in [4.78, 5) is 9.40. The smallest absolute Gasteiger partial charge is 0.748 e. The number of benzene rings is 5. The molecule has 33 heteroatoms. The molecule has 0 bridgehead atoms. The first-order valence-corrected chi connectivity index (χ1v) is 32.4. The number of unbranched alkanes of at least 4 members (excludes halogenated alkanes) is 2. The molecule has 0 saturated heterocycles. The molecule has 0 saturated carbocycles. The molecule has 5 aromatic carbocycles. The van der Waals surface area contributed by atoms with Crippen molar-refractivity contribution >= 4 is 111 Å². The molecule has 420 valence electrons. The summed E-state index contributed by atoms with van der Waals surface area (Å²) in [5, 5.41) is 8.94. The van der Waals surface area contributed by atoms with Crippen molar-refractivity contribution in [1.29, 1.82) is 0 Å². The van der Waals surface area contributed by atoms with Crippen LogP contribution in [0.1, 0.15) is 82.1 Å². The Bertz CT molecular complexity index is 4210. The number of fused-ring (bicyclic) bond motifs is 6. The van der Waals surface area contributed by atoms with Gasteiger partial charge in [0.1, 0.15) is 47.0 Å². The molecule has 2 aliphatic heterocycles. The molecule has 0 amide bonds. The molecular weight excluding hydrogens is 1260 g/mol. The molecule has 0 spiro atoms. The van der Waals surface area contributed by atoms with Gasteiger partial charge in [-0.3, -0.25) is 4.79 Å². The summed E-state index contributed by atoms with van der Waals surface area (Å²) >= 11 is 0. The normalized spacial score (nSPS) is 15.7. The number of carboxylic acids is 1. The summed E-state index contributed by atoms with van der Waals surface area (Å²) in [6, 6.07) is 15.1. The van der Waals surface area contributed by atoms with E-state index in [9.17, 15) is 87.7 Å². The number of hydrogen-bond donors (Lipinski definition) is 1. The van der Waals surface area contributed by atoms with Crippen LogP contribution in [0, 0.1) is 0 Å². The van der Waals surface area contributed by atoms with Gasteiger partial charge in [-0.05, 0) is 127 Å². The molecule has 83 heavy (non-hydrogen) atoms. The molecule has 7 rings (SSSR count). The summed E-state index contributed by atoms with van der Waals surface area (Å²) in [5.41, 5.74) is 0.863. The molecule has 0 radical (unpaired) electrons. The van der Waals surface area contributed by atoms with Gasteiger partial charge in [-0.2, -0.15) is 4.58 Å². The van der Waals surface area contributed by atoms with E-state index in [1.165, 1.54) is 24.3 Å². The summed E-state index contributed by atoms with van der Waals surface area (Å²) in [6.07, 6.45) is 6.33. The van der Waals surface area contributed by atoms with Crippen molar-refractivity contribution in [3.63, 3.8) is 0 Å². The fourth-order valence-corrected chi connectivity index (χ4v) is 14.1. The minimum Gasteiger partial charge on any atom is -0.748 e. The van der Waals surface area contributed by atoms with Crippen molar-refractivity contribution in [1.82, 2.24) is 0 Å². The molecular formula is C50H49N2Na5O20S6. The van der Waals surface area contributed by atoms with Gasteiger partial charge in [0.05, 0.1) is 45.2 Å². The number of carbonyl (C=O) groups is 1. The summed E-state index contributed by atoms with van der Waals surface area (Å²) in [5.74, 6) is -2.53. The van der Waals surface area contributed by atoms with Crippen LogP contribution in [0.25, 0.3) is 27.1 Å². The van der Waals surface area contributed by atoms with Crippen molar-refractivity contribution < 1.29 is 240 Å². The summed E-state index contributed by atoms with van der Waals surface area (Å²) in [7, 11) is -30.9. The molecule has 1 N–H and O–H groups in total. The Morgan fingerprint density at radius 1 is 0.590 bits per heavy atom. The number of hydrogen-bond acceptors (Lipinski definition) is 20. The first-order chi connectivity index (χ1) is 35.8. The Balaban J connectivity index is 0.00000470. The number of allylic oxidation sites excluding steroid dienone is 6. The summed E-state index contributed by atoms with van der Waals surface area (Å²) in [6.45, 7) is 6.73. The Morgan fingerprint density at radius 3 is 1.59 bits per heavy atom. The van der Waals surface area contributed by atoms with E-state index in [2.05, 4.69) is 0 Å². The number of carboxylic acid groups (broad SMARTS) is 1. The predicted octanol–water partition coefficient (Wildman–Crippen LogP) is -10.0. The van der Waals surface area contributed by atoms with Crippen molar-refractivity contribution in [2.45, 2.75) is 96.6 Å². The minimum atomic E-state index is -5.41. The van der Waals surface area contributed by atoms with Crippen molar-refractivity contribution in [3.05, 3.63) is 125 Å². The number of anilines is 1. The second kappa shape index (κ2) is 29.5. The van der Waals surface area contributed by atoms with Crippen LogP contribution in [0.15, 0.2) is 122 Å². The molecule has 5 aromatic rings. The SMILES string of the molecule is CC1(C)C(/C=C/C(=C/C=C2/N(CCCCS(=O)(=O)[O-])c3ccc4c(S(=O)(=O)[O-])cc(S(=O)(=O)[O-])cc4c3C2(C)C)c2cccc(CCC(=O)O)c2)=[N+](CCCCS(=O)(=O)[O-])c2ccc3c(S(=O)(=O)[O-])cc(S(=O)(=O)[O-])cc3c21.[Na+].[Na+].[Na+].[Na+].[Na+]. The van der Waals surface area contributed by atoms with Crippen molar-refractivity contribution in [3.8, 4) is 0 Å². The number of aliphatic carboxylic acids is 1. The zero-order valence-electron chi connectivity index (χ0n) is 46.9. The third kappa shape index (κ3) is 18.5. The fraction of sp³-hybridized carbons (Fsp3) is 0.320. The Hall–Kier alpha value is -0.760. The van der Waals surface area contributed by atoms with Crippen LogP contribution >= 0.6 is 0 Å². The van der Waals surface area contributed by atoms with E-state index in [0.717, 1.165) is 12.1 Å². The second-order valence-electron chi connectivity index (χ2n) is 19.7. The standard InChI is InChI=1S/C50H54N2O20S6.5Na/c1-49(2)44(51(22-5-7-24-73(55,56)57)40-17-15-36-38(47(40)49)27-34(75(61,62)63)29-42(36)77(67,68)69)19-13-32(33-11-9-10-31(26-33)12-21-46(53)54)14-20-45-50(3,4)48-39-28-35(76(64,65)66)30-43(78(70,71)72)37(39)16-18-41(48)52(45)23-6-8-25-74(58,59)60;;;;;/h9-11,13-20,26-30H,5-8,12,21-25H2,1-4H3,(H6-,53,54,55,56,57,58,59,60,61,62,63,64,65,66,67,68,69,70,71,72);;;;;/q;5*+1/p-5. The molecule has 2 heterocycles. The van der Waals surface area contributed by atoms with Gasteiger partial charge < -0.3 is 37.3 Å². The fourth-order valence-electron chi connectivity index (χ4n) is 10.3. The largest absolute Gasteiger partial charge is 1.00 e. The first-order valence-electron chi connectivity index (χ1n) is 23.6.